The van der Waals surface area contributed by atoms with Crippen molar-refractivity contribution >= 4 is 23.8 Å². The number of hydrogen-bond donors (Lipinski definition) is 2. The van der Waals surface area contributed by atoms with E-state index in [9.17, 15) is 0 Å². The Hall–Kier alpha value is -1.20. The molecule has 2 aromatic rings. The van der Waals surface area contributed by atoms with E-state index in [4.69, 9.17) is 23.8 Å². The molecule has 0 atom stereocenters. The van der Waals surface area contributed by atoms with E-state index in [2.05, 4.69) is 20.2 Å². The second-order valence-corrected chi connectivity index (χ2v) is 3.16. The van der Waals surface area contributed by atoms with Gasteiger partial charge in [-0.2, -0.15) is 4.98 Å². The molecule has 0 bridgehead atoms. The van der Waals surface area contributed by atoms with E-state index in [0.29, 0.717) is 15.6 Å². The molecule has 2 rings (SSSR count). The number of nitrogens with zero attached hydrogens (tertiary/aromatic N) is 2. The van der Waals surface area contributed by atoms with Gasteiger partial charge in [-0.25, -0.2) is 0 Å². The minimum absolute atomic E-state index is 0.405. The molecule has 2 N–H and O–H groups in total. The number of nitrogens with one attached hydrogen (secondary N) is 2. The summed E-state index contributed by atoms with van der Waals surface area (Å²) in [6, 6.07) is 1.77. The van der Waals surface area contributed by atoms with Crippen molar-refractivity contribution in [3.05, 3.63) is 28.3 Å². The lowest BCUT2D eigenvalue weighted by atomic mass is 10.2. The number of hydrogen-bond acceptors (Lipinski definition) is 3. The molecule has 0 unspecified atom stereocenters. The highest BCUT2D eigenvalue weighted by Gasteiger charge is 2.04. The molecule has 2 heterocycles. The molecule has 0 aromatic carbocycles. The smallest absolute Gasteiger partial charge is 0.213 e. The molecular weight excluding hydrogens is 208 g/mol. The van der Waals surface area contributed by atoms with Crippen LogP contribution in [0.3, 0.4) is 0 Å². The summed E-state index contributed by atoms with van der Waals surface area (Å²) in [4.78, 5) is 7.90. The summed E-state index contributed by atoms with van der Waals surface area (Å²) in [5, 5.41) is 6.05. The lowest BCUT2D eigenvalue weighted by Gasteiger charge is -1.96. The molecule has 6 heteroatoms. The Morgan fingerprint density at radius 2 is 2.23 bits per heavy atom. The highest BCUT2D eigenvalue weighted by atomic mass is 35.5. The molecule has 0 radical (unpaired) electrons. The van der Waals surface area contributed by atoms with Crippen LogP contribution in [0.1, 0.15) is 0 Å². The first-order valence-electron chi connectivity index (χ1n) is 3.52. The summed E-state index contributed by atoms with van der Waals surface area (Å²) < 4.78 is 0.405. The molecule has 0 saturated heterocycles. The highest BCUT2D eigenvalue weighted by molar-refractivity contribution is 7.71. The Morgan fingerprint density at radius 3 is 2.85 bits per heavy atom. The van der Waals surface area contributed by atoms with Crippen molar-refractivity contribution in [2.45, 2.75) is 0 Å². The molecule has 0 aliphatic heterocycles. The maximum absolute atomic E-state index is 5.90. The maximum atomic E-state index is 5.90. The van der Waals surface area contributed by atoms with Crippen LogP contribution < -0.4 is 0 Å². The number of pyridine rings is 1. The Balaban J connectivity index is 2.58. The average Bonchev–Trinajstić information content (AvgIpc) is 2.53. The van der Waals surface area contributed by atoms with E-state index in [0.717, 1.165) is 5.56 Å². The fourth-order valence-corrected chi connectivity index (χ4v) is 1.32. The van der Waals surface area contributed by atoms with Crippen LogP contribution in [0, 0.1) is 4.77 Å². The Labute approximate surface area is 84.0 Å². The van der Waals surface area contributed by atoms with Gasteiger partial charge in [-0.1, -0.05) is 11.6 Å². The van der Waals surface area contributed by atoms with E-state index in [-0.39, 0.29) is 0 Å². The topological polar surface area (TPSA) is 57.4 Å². The summed E-state index contributed by atoms with van der Waals surface area (Å²) in [5.74, 6) is 0.623. The number of aromatic amines is 2. The van der Waals surface area contributed by atoms with Crippen LogP contribution in [0.25, 0.3) is 11.4 Å². The Morgan fingerprint density at radius 1 is 1.38 bits per heavy atom. The standard InChI is InChI=1S/C7H5ClN4S/c8-5-3-9-2-1-4(5)6-10-7(13)12-11-6/h1-3H,(H2,10,11,12,13). The lowest BCUT2D eigenvalue weighted by molar-refractivity contribution is 1.08. The van der Waals surface area contributed by atoms with Gasteiger partial charge in [0.05, 0.1) is 5.02 Å². The molecule has 66 valence electrons. The number of rotatable bonds is 1. The monoisotopic (exact) mass is 212 g/mol. The molecule has 0 saturated carbocycles. The molecule has 13 heavy (non-hydrogen) atoms. The van der Waals surface area contributed by atoms with Gasteiger partial charge < -0.3 is 0 Å². The van der Waals surface area contributed by atoms with Gasteiger partial charge in [0.25, 0.3) is 0 Å². The van der Waals surface area contributed by atoms with E-state index >= 15 is 0 Å². The third-order valence-corrected chi connectivity index (χ3v) is 2.02. The summed E-state index contributed by atoms with van der Waals surface area (Å²) >= 11 is 10.7. The van der Waals surface area contributed by atoms with E-state index in [1.54, 1.807) is 18.5 Å². The van der Waals surface area contributed by atoms with Crippen molar-refractivity contribution in [2.75, 3.05) is 0 Å². The van der Waals surface area contributed by atoms with Gasteiger partial charge in [0.2, 0.25) is 4.77 Å². The maximum Gasteiger partial charge on any atom is 0.213 e. The first kappa shape index (κ1) is 8.40. The predicted molar refractivity (Wildman–Crippen MR) is 52.0 cm³/mol. The molecular formula is C7H5ClN4S. The van der Waals surface area contributed by atoms with E-state index < -0.39 is 0 Å². The lowest BCUT2D eigenvalue weighted by Crippen LogP contribution is -1.83. The van der Waals surface area contributed by atoms with Gasteiger partial charge in [-0.3, -0.25) is 15.2 Å². The van der Waals surface area contributed by atoms with Crippen LogP contribution in [-0.2, 0) is 0 Å². The average molecular weight is 213 g/mol. The van der Waals surface area contributed by atoms with Gasteiger partial charge in [0, 0.05) is 18.0 Å². The molecule has 0 aliphatic rings. The summed E-state index contributed by atoms with van der Waals surface area (Å²) in [5.41, 5.74) is 0.781. The van der Waals surface area contributed by atoms with Crippen molar-refractivity contribution in [1.82, 2.24) is 20.2 Å². The third kappa shape index (κ3) is 1.61. The van der Waals surface area contributed by atoms with Crippen LogP contribution in [0.4, 0.5) is 0 Å². The minimum atomic E-state index is 0.405. The first-order chi connectivity index (χ1) is 6.27. The van der Waals surface area contributed by atoms with Crippen LogP contribution in [0.15, 0.2) is 18.5 Å². The van der Waals surface area contributed by atoms with Crippen molar-refractivity contribution in [3.8, 4) is 11.4 Å². The first-order valence-corrected chi connectivity index (χ1v) is 4.30. The summed E-state index contributed by atoms with van der Waals surface area (Å²) in [6.07, 6.45) is 3.20. The normalized spacial score (nSPS) is 10.2. The number of H-pyrrole nitrogens is 2. The molecule has 0 fully saturated rings. The zero-order valence-electron chi connectivity index (χ0n) is 6.41. The SMILES string of the molecule is S=c1nc(-c2ccncc2Cl)[nH][nH]1. The fourth-order valence-electron chi connectivity index (χ4n) is 0.965. The fraction of sp³-hybridized carbons (Fsp3) is 0. The third-order valence-electron chi connectivity index (χ3n) is 1.53. The number of halogens is 1. The van der Waals surface area contributed by atoms with Crippen molar-refractivity contribution in [1.29, 1.82) is 0 Å². The second kappa shape index (κ2) is 3.27. The van der Waals surface area contributed by atoms with Crippen molar-refractivity contribution in [2.24, 2.45) is 0 Å². The van der Waals surface area contributed by atoms with Crippen molar-refractivity contribution < 1.29 is 0 Å². The van der Waals surface area contributed by atoms with E-state index in [1.165, 1.54) is 0 Å². The zero-order valence-corrected chi connectivity index (χ0v) is 7.99. The minimum Gasteiger partial charge on any atom is -0.282 e. The van der Waals surface area contributed by atoms with Gasteiger partial charge in [-0.15, -0.1) is 0 Å². The molecule has 0 spiro atoms. The van der Waals surface area contributed by atoms with Crippen LogP contribution in [0.5, 0.6) is 0 Å². The molecule has 4 nitrogen and oxygen atoms in total. The Kier molecular flexibility index (Phi) is 2.12. The molecule has 0 amide bonds. The largest absolute Gasteiger partial charge is 0.282 e. The predicted octanol–water partition coefficient (Wildman–Crippen LogP) is 2.18. The summed E-state index contributed by atoms with van der Waals surface area (Å²) in [6.45, 7) is 0. The Bertz CT molecular complexity index is 475. The van der Waals surface area contributed by atoms with Crippen molar-refractivity contribution in [3.63, 3.8) is 0 Å². The number of aromatic nitrogens is 4. The quantitative estimate of drug-likeness (QED) is 0.713. The zero-order chi connectivity index (χ0) is 9.26. The summed E-state index contributed by atoms with van der Waals surface area (Å²) in [7, 11) is 0. The molecule has 0 aliphatic carbocycles. The molecule has 2 aromatic heterocycles. The second-order valence-electron chi connectivity index (χ2n) is 2.37. The van der Waals surface area contributed by atoms with Crippen LogP contribution in [-0.4, -0.2) is 20.2 Å². The van der Waals surface area contributed by atoms with Crippen LogP contribution >= 0.6 is 23.8 Å². The van der Waals surface area contributed by atoms with Gasteiger partial charge in [0.15, 0.2) is 5.82 Å². The van der Waals surface area contributed by atoms with Gasteiger partial charge >= 0.3 is 0 Å². The van der Waals surface area contributed by atoms with E-state index in [1.807, 2.05) is 0 Å². The van der Waals surface area contributed by atoms with Gasteiger partial charge in [-0.05, 0) is 18.3 Å². The van der Waals surface area contributed by atoms with Gasteiger partial charge in [0.1, 0.15) is 0 Å². The highest BCUT2D eigenvalue weighted by Crippen LogP contribution is 2.22. The van der Waals surface area contributed by atoms with Crippen LogP contribution in [0.2, 0.25) is 5.02 Å².